The predicted molar refractivity (Wildman–Crippen MR) is 111 cm³/mol. The third kappa shape index (κ3) is 6.10. The summed E-state index contributed by atoms with van der Waals surface area (Å²) in [5, 5.41) is 2.41. The van der Waals surface area contributed by atoms with Crippen molar-refractivity contribution in [3.05, 3.63) is 65.2 Å². The molecule has 0 saturated heterocycles. The highest BCUT2D eigenvalue weighted by Crippen LogP contribution is 2.27. The number of thiocarbonyl (C=S) groups is 1. The van der Waals surface area contributed by atoms with Crippen LogP contribution in [0.5, 0.6) is 11.5 Å². The van der Waals surface area contributed by atoms with Crippen LogP contribution in [0.3, 0.4) is 0 Å². The lowest BCUT2D eigenvalue weighted by Gasteiger charge is -2.11. The molecule has 0 aliphatic carbocycles. The van der Waals surface area contributed by atoms with Crippen LogP contribution in [-0.2, 0) is 4.79 Å². The Bertz CT molecular complexity index is 895. The van der Waals surface area contributed by atoms with Gasteiger partial charge in [0.2, 0.25) is 5.91 Å². The molecule has 0 unspecified atom stereocenters. The van der Waals surface area contributed by atoms with Crippen molar-refractivity contribution in [2.45, 2.75) is 6.92 Å². The van der Waals surface area contributed by atoms with Gasteiger partial charge in [-0.3, -0.25) is 25.8 Å². The van der Waals surface area contributed by atoms with E-state index in [0.29, 0.717) is 17.1 Å². The van der Waals surface area contributed by atoms with E-state index in [1.807, 2.05) is 31.2 Å². The van der Waals surface area contributed by atoms with E-state index in [2.05, 4.69) is 16.2 Å². The molecule has 146 valence electrons. The van der Waals surface area contributed by atoms with Crippen molar-refractivity contribution < 1.29 is 19.1 Å². The monoisotopic (exact) mass is 399 g/mol. The van der Waals surface area contributed by atoms with Gasteiger partial charge in [0.25, 0.3) is 5.91 Å². The van der Waals surface area contributed by atoms with E-state index in [0.717, 1.165) is 11.1 Å². The van der Waals surface area contributed by atoms with E-state index < -0.39 is 11.8 Å². The van der Waals surface area contributed by atoms with Crippen LogP contribution in [-0.4, -0.2) is 31.1 Å². The van der Waals surface area contributed by atoms with Crippen LogP contribution in [0.25, 0.3) is 6.08 Å². The molecule has 0 fully saturated rings. The highest BCUT2D eigenvalue weighted by molar-refractivity contribution is 7.80. The standard InChI is InChI=1S/C20H21N3O4S/c1-13-4-6-14(7-5-13)8-11-18(24)21-20(28)23-22-19(25)15-9-10-16(26-2)17(12-15)27-3/h4-12H,1-3H3,(H,22,25)(H2,21,23,24,28)/b11-8+. The van der Waals surface area contributed by atoms with Crippen LogP contribution >= 0.6 is 12.2 Å². The molecular formula is C20H21N3O4S. The van der Waals surface area contributed by atoms with E-state index in [-0.39, 0.29) is 5.11 Å². The van der Waals surface area contributed by atoms with Gasteiger partial charge in [-0.25, -0.2) is 0 Å². The zero-order chi connectivity index (χ0) is 20.5. The third-order valence-electron chi connectivity index (χ3n) is 3.68. The van der Waals surface area contributed by atoms with Crippen LogP contribution in [0, 0.1) is 6.92 Å². The van der Waals surface area contributed by atoms with Gasteiger partial charge in [-0.15, -0.1) is 0 Å². The predicted octanol–water partition coefficient (Wildman–Crippen LogP) is 2.36. The molecule has 28 heavy (non-hydrogen) atoms. The first kappa shape index (κ1) is 20.9. The fraction of sp³-hybridized carbons (Fsp3) is 0.150. The summed E-state index contributed by atoms with van der Waals surface area (Å²) in [6, 6.07) is 12.4. The number of methoxy groups -OCH3 is 2. The lowest BCUT2D eigenvalue weighted by molar-refractivity contribution is -0.115. The lowest BCUT2D eigenvalue weighted by Crippen LogP contribution is -2.48. The summed E-state index contributed by atoms with van der Waals surface area (Å²) in [6.07, 6.45) is 3.02. The smallest absolute Gasteiger partial charge is 0.269 e. The summed E-state index contributed by atoms with van der Waals surface area (Å²) in [4.78, 5) is 24.1. The van der Waals surface area contributed by atoms with Crippen molar-refractivity contribution >= 4 is 35.2 Å². The molecule has 8 heteroatoms. The fourth-order valence-electron chi connectivity index (χ4n) is 2.20. The van der Waals surface area contributed by atoms with E-state index in [4.69, 9.17) is 21.7 Å². The molecule has 2 aromatic rings. The number of hydrogen-bond donors (Lipinski definition) is 3. The summed E-state index contributed by atoms with van der Waals surface area (Å²) in [6.45, 7) is 1.99. The number of ether oxygens (including phenoxy) is 2. The van der Waals surface area contributed by atoms with Gasteiger partial charge in [0.15, 0.2) is 16.6 Å². The average Bonchev–Trinajstić information content (AvgIpc) is 2.71. The topological polar surface area (TPSA) is 88.7 Å². The Morgan fingerprint density at radius 1 is 0.964 bits per heavy atom. The highest BCUT2D eigenvalue weighted by atomic mass is 32.1. The number of rotatable bonds is 5. The van der Waals surface area contributed by atoms with E-state index >= 15 is 0 Å². The van der Waals surface area contributed by atoms with Gasteiger partial charge in [0, 0.05) is 11.6 Å². The second kappa shape index (κ2) is 10.1. The molecule has 0 heterocycles. The van der Waals surface area contributed by atoms with Gasteiger partial charge in [-0.05, 0) is 49.0 Å². The van der Waals surface area contributed by atoms with Crippen molar-refractivity contribution in [3.8, 4) is 11.5 Å². The highest BCUT2D eigenvalue weighted by Gasteiger charge is 2.11. The number of hydrogen-bond acceptors (Lipinski definition) is 5. The average molecular weight is 399 g/mol. The minimum absolute atomic E-state index is 0.0348. The van der Waals surface area contributed by atoms with Crippen molar-refractivity contribution in [2.24, 2.45) is 0 Å². The van der Waals surface area contributed by atoms with E-state index in [9.17, 15) is 9.59 Å². The van der Waals surface area contributed by atoms with Crippen LogP contribution in [0.4, 0.5) is 0 Å². The second-order valence-corrected chi connectivity index (χ2v) is 6.12. The maximum absolute atomic E-state index is 12.2. The Hall–Kier alpha value is -3.39. The summed E-state index contributed by atoms with van der Waals surface area (Å²) < 4.78 is 10.3. The quantitative estimate of drug-likeness (QED) is 0.406. The summed E-state index contributed by atoms with van der Waals surface area (Å²) >= 11 is 5.00. The summed E-state index contributed by atoms with van der Waals surface area (Å²) in [5.74, 6) is 0.0635. The van der Waals surface area contributed by atoms with Crippen LogP contribution in [0.15, 0.2) is 48.5 Å². The minimum atomic E-state index is -0.451. The van der Waals surface area contributed by atoms with E-state index in [1.165, 1.54) is 26.4 Å². The Kier molecular flexibility index (Phi) is 7.53. The van der Waals surface area contributed by atoms with Crippen LogP contribution in [0.1, 0.15) is 21.5 Å². The molecule has 0 spiro atoms. The number of benzene rings is 2. The number of amides is 2. The second-order valence-electron chi connectivity index (χ2n) is 5.71. The molecule has 2 aromatic carbocycles. The first-order valence-corrected chi connectivity index (χ1v) is 8.72. The Balaban J connectivity index is 1.85. The minimum Gasteiger partial charge on any atom is -0.493 e. The van der Waals surface area contributed by atoms with Gasteiger partial charge >= 0.3 is 0 Å². The maximum atomic E-state index is 12.2. The number of aryl methyl sites for hydroxylation is 1. The molecule has 0 bridgehead atoms. The molecule has 2 rings (SSSR count). The van der Waals surface area contributed by atoms with Gasteiger partial charge < -0.3 is 9.47 Å². The summed E-state index contributed by atoms with van der Waals surface area (Å²) in [7, 11) is 2.99. The largest absolute Gasteiger partial charge is 0.493 e. The number of carbonyl (C=O) groups is 2. The SMILES string of the molecule is COc1ccc(C(=O)NNC(=S)NC(=O)/C=C/c2ccc(C)cc2)cc1OC. The third-order valence-corrected chi connectivity index (χ3v) is 3.88. The normalized spacial score (nSPS) is 10.2. The van der Waals surface area contributed by atoms with Crippen molar-refractivity contribution in [1.82, 2.24) is 16.2 Å². The van der Waals surface area contributed by atoms with Crippen molar-refractivity contribution in [1.29, 1.82) is 0 Å². The number of hydrazine groups is 1. The van der Waals surface area contributed by atoms with Gasteiger partial charge in [0.05, 0.1) is 14.2 Å². The van der Waals surface area contributed by atoms with Crippen LogP contribution in [0.2, 0.25) is 0 Å². The molecule has 0 aromatic heterocycles. The fourth-order valence-corrected chi connectivity index (χ4v) is 2.35. The van der Waals surface area contributed by atoms with Crippen molar-refractivity contribution in [3.63, 3.8) is 0 Å². The molecule has 0 atom stereocenters. The molecule has 3 N–H and O–H groups in total. The Morgan fingerprint density at radius 2 is 1.64 bits per heavy atom. The number of nitrogens with one attached hydrogen (secondary N) is 3. The van der Waals surface area contributed by atoms with Crippen LogP contribution < -0.4 is 25.6 Å². The van der Waals surface area contributed by atoms with Crippen molar-refractivity contribution in [2.75, 3.05) is 14.2 Å². The zero-order valence-electron chi connectivity index (χ0n) is 15.7. The van der Waals surface area contributed by atoms with E-state index in [1.54, 1.807) is 18.2 Å². The Morgan fingerprint density at radius 3 is 2.29 bits per heavy atom. The molecule has 2 amide bonds. The van der Waals surface area contributed by atoms with Gasteiger partial charge in [-0.1, -0.05) is 29.8 Å². The molecule has 7 nitrogen and oxygen atoms in total. The first-order chi connectivity index (χ1) is 13.4. The molecule has 0 aliphatic heterocycles. The lowest BCUT2D eigenvalue weighted by atomic mass is 10.1. The van der Waals surface area contributed by atoms with Gasteiger partial charge in [0.1, 0.15) is 0 Å². The molecular weight excluding hydrogens is 378 g/mol. The maximum Gasteiger partial charge on any atom is 0.269 e. The Labute approximate surface area is 168 Å². The summed E-state index contributed by atoms with van der Waals surface area (Å²) in [5.41, 5.74) is 7.24. The first-order valence-electron chi connectivity index (χ1n) is 8.31. The molecule has 0 saturated carbocycles. The van der Waals surface area contributed by atoms with Gasteiger partial charge in [-0.2, -0.15) is 0 Å². The molecule has 0 radical (unpaired) electrons. The number of carbonyl (C=O) groups excluding carboxylic acids is 2. The molecule has 0 aliphatic rings. The zero-order valence-corrected chi connectivity index (χ0v) is 16.6.